The average molecular weight is 281 g/mol. The fourth-order valence-corrected chi connectivity index (χ4v) is 2.85. The molecular formula is C12H15N3O3S. The van der Waals surface area contributed by atoms with E-state index in [9.17, 15) is 8.42 Å². The number of aryl methyl sites for hydroxylation is 1. The van der Waals surface area contributed by atoms with Crippen LogP contribution in [0.15, 0.2) is 35.4 Å². The summed E-state index contributed by atoms with van der Waals surface area (Å²) in [5, 5.41) is 15.4. The van der Waals surface area contributed by atoms with E-state index in [1.165, 1.54) is 6.20 Å². The third-order valence-corrected chi connectivity index (χ3v) is 4.29. The molecule has 7 heteroatoms. The summed E-state index contributed by atoms with van der Waals surface area (Å²) >= 11 is 0. The summed E-state index contributed by atoms with van der Waals surface area (Å²) in [5.74, 6) is 0.193. The minimum Gasteiger partial charge on any atom is -0.508 e. The van der Waals surface area contributed by atoms with Gasteiger partial charge in [-0.2, -0.15) is 5.10 Å². The Morgan fingerprint density at radius 3 is 2.58 bits per heavy atom. The summed E-state index contributed by atoms with van der Waals surface area (Å²) in [7, 11) is -3.52. The maximum atomic E-state index is 11.9. The lowest BCUT2D eigenvalue weighted by atomic mass is 10.1. The van der Waals surface area contributed by atoms with E-state index in [1.54, 1.807) is 31.2 Å². The molecule has 0 atom stereocenters. The van der Waals surface area contributed by atoms with Gasteiger partial charge in [-0.25, -0.2) is 13.1 Å². The first-order valence-corrected chi connectivity index (χ1v) is 7.25. The van der Waals surface area contributed by atoms with Gasteiger partial charge in [0.25, 0.3) is 0 Å². The molecule has 0 amide bonds. The van der Waals surface area contributed by atoms with Crippen molar-refractivity contribution in [3.05, 3.63) is 41.7 Å². The molecule has 0 radical (unpaired) electrons. The molecule has 2 rings (SSSR count). The number of aromatic nitrogens is 2. The first-order valence-electron chi connectivity index (χ1n) is 5.76. The smallest absolute Gasteiger partial charge is 0.243 e. The lowest BCUT2D eigenvalue weighted by Crippen LogP contribution is -2.26. The standard InChI is InChI=1S/C12H15N3O3S/c1-9-12(8-13-15-9)19(17,18)14-7-6-10-2-4-11(16)5-3-10/h2-5,8,14,16H,6-7H2,1H3,(H,13,15). The number of aromatic hydroxyl groups is 1. The van der Waals surface area contributed by atoms with Gasteiger partial charge < -0.3 is 5.11 Å². The molecule has 0 aliphatic rings. The molecule has 0 aliphatic carbocycles. The molecule has 102 valence electrons. The van der Waals surface area contributed by atoms with E-state index < -0.39 is 10.0 Å². The molecule has 6 nitrogen and oxygen atoms in total. The third-order valence-electron chi connectivity index (χ3n) is 2.72. The van der Waals surface area contributed by atoms with Gasteiger partial charge in [0.1, 0.15) is 10.6 Å². The molecule has 0 spiro atoms. The van der Waals surface area contributed by atoms with Crippen LogP contribution in [0.4, 0.5) is 0 Å². The fourth-order valence-electron chi connectivity index (χ4n) is 1.68. The molecule has 0 aliphatic heterocycles. The Labute approximate surface area is 111 Å². The fraction of sp³-hybridized carbons (Fsp3) is 0.250. The molecule has 1 aromatic heterocycles. The van der Waals surface area contributed by atoms with Crippen molar-refractivity contribution in [2.75, 3.05) is 6.54 Å². The summed E-state index contributed by atoms with van der Waals surface area (Å²) < 4.78 is 26.4. The van der Waals surface area contributed by atoms with Gasteiger partial charge in [-0.1, -0.05) is 12.1 Å². The summed E-state index contributed by atoms with van der Waals surface area (Å²) in [6.07, 6.45) is 1.84. The van der Waals surface area contributed by atoms with E-state index in [2.05, 4.69) is 14.9 Å². The predicted octanol–water partition coefficient (Wildman–Crippen LogP) is 0.945. The predicted molar refractivity (Wildman–Crippen MR) is 70.3 cm³/mol. The number of aromatic amines is 1. The Morgan fingerprint density at radius 2 is 2.00 bits per heavy atom. The number of nitrogens with zero attached hydrogens (tertiary/aromatic N) is 1. The molecule has 0 fully saturated rings. The zero-order valence-corrected chi connectivity index (χ0v) is 11.2. The summed E-state index contributed by atoms with van der Waals surface area (Å²) in [6.45, 7) is 1.94. The van der Waals surface area contributed by atoms with E-state index in [4.69, 9.17) is 5.11 Å². The molecule has 0 bridgehead atoms. The first-order chi connectivity index (χ1) is 8.99. The average Bonchev–Trinajstić information content (AvgIpc) is 2.79. The van der Waals surface area contributed by atoms with Crippen LogP contribution >= 0.6 is 0 Å². The SMILES string of the molecule is Cc1[nH]ncc1S(=O)(=O)NCCc1ccc(O)cc1. The number of hydrogen-bond acceptors (Lipinski definition) is 4. The second-order valence-electron chi connectivity index (χ2n) is 4.17. The number of benzene rings is 1. The molecule has 1 heterocycles. The van der Waals surface area contributed by atoms with Crippen molar-refractivity contribution in [1.29, 1.82) is 0 Å². The van der Waals surface area contributed by atoms with E-state index in [-0.39, 0.29) is 17.2 Å². The largest absolute Gasteiger partial charge is 0.508 e. The lowest BCUT2D eigenvalue weighted by molar-refractivity contribution is 0.475. The van der Waals surface area contributed by atoms with Crippen molar-refractivity contribution in [2.24, 2.45) is 0 Å². The normalized spacial score (nSPS) is 11.6. The van der Waals surface area contributed by atoms with Crippen LogP contribution < -0.4 is 4.72 Å². The maximum Gasteiger partial charge on any atom is 0.243 e. The number of sulfonamides is 1. The highest BCUT2D eigenvalue weighted by atomic mass is 32.2. The number of rotatable bonds is 5. The van der Waals surface area contributed by atoms with E-state index >= 15 is 0 Å². The van der Waals surface area contributed by atoms with Crippen LogP contribution in [0.2, 0.25) is 0 Å². The monoisotopic (exact) mass is 281 g/mol. The Hall–Kier alpha value is -1.86. The molecule has 19 heavy (non-hydrogen) atoms. The third kappa shape index (κ3) is 3.33. The van der Waals surface area contributed by atoms with Crippen molar-refractivity contribution in [3.63, 3.8) is 0 Å². The van der Waals surface area contributed by atoms with Crippen LogP contribution in [0.5, 0.6) is 5.75 Å². The maximum absolute atomic E-state index is 11.9. The topological polar surface area (TPSA) is 95.1 Å². The first kappa shape index (κ1) is 13.6. The van der Waals surface area contributed by atoms with Gasteiger partial charge >= 0.3 is 0 Å². The van der Waals surface area contributed by atoms with Crippen LogP contribution in [0.3, 0.4) is 0 Å². The molecular weight excluding hydrogens is 266 g/mol. The van der Waals surface area contributed by atoms with Crippen molar-refractivity contribution in [2.45, 2.75) is 18.2 Å². The van der Waals surface area contributed by atoms with Gasteiger partial charge in [0.15, 0.2) is 0 Å². The Balaban J connectivity index is 1.96. The van der Waals surface area contributed by atoms with Crippen LogP contribution in [-0.4, -0.2) is 30.3 Å². The Kier molecular flexibility index (Phi) is 3.87. The van der Waals surface area contributed by atoms with Gasteiger partial charge in [-0.05, 0) is 31.0 Å². The van der Waals surface area contributed by atoms with E-state index in [1.807, 2.05) is 0 Å². The number of H-pyrrole nitrogens is 1. The summed E-state index contributed by atoms with van der Waals surface area (Å²) in [6, 6.07) is 6.66. The molecule has 0 saturated heterocycles. The van der Waals surface area contributed by atoms with Crippen molar-refractivity contribution < 1.29 is 13.5 Å². The van der Waals surface area contributed by atoms with Gasteiger partial charge in [-0.15, -0.1) is 0 Å². The van der Waals surface area contributed by atoms with Crippen LogP contribution in [0.1, 0.15) is 11.3 Å². The van der Waals surface area contributed by atoms with Gasteiger partial charge in [0.05, 0.1) is 11.9 Å². The van der Waals surface area contributed by atoms with Gasteiger partial charge in [-0.3, -0.25) is 5.10 Å². The summed E-state index contributed by atoms with van der Waals surface area (Å²) in [4.78, 5) is 0.165. The summed E-state index contributed by atoms with van der Waals surface area (Å²) in [5.41, 5.74) is 1.46. The second-order valence-corrected chi connectivity index (χ2v) is 5.91. The second kappa shape index (κ2) is 5.41. The Morgan fingerprint density at radius 1 is 1.32 bits per heavy atom. The van der Waals surface area contributed by atoms with Crippen molar-refractivity contribution in [1.82, 2.24) is 14.9 Å². The van der Waals surface area contributed by atoms with E-state index in [0.717, 1.165) is 5.56 Å². The highest BCUT2D eigenvalue weighted by Crippen LogP contribution is 2.12. The van der Waals surface area contributed by atoms with Gasteiger partial charge in [0, 0.05) is 6.54 Å². The zero-order chi connectivity index (χ0) is 13.9. The quantitative estimate of drug-likeness (QED) is 0.760. The zero-order valence-electron chi connectivity index (χ0n) is 10.4. The highest BCUT2D eigenvalue weighted by Gasteiger charge is 2.17. The van der Waals surface area contributed by atoms with Crippen LogP contribution in [0, 0.1) is 6.92 Å². The minimum atomic E-state index is -3.52. The molecule has 0 saturated carbocycles. The molecule has 3 N–H and O–H groups in total. The van der Waals surface area contributed by atoms with Crippen LogP contribution in [-0.2, 0) is 16.4 Å². The van der Waals surface area contributed by atoms with Crippen LogP contribution in [0.25, 0.3) is 0 Å². The van der Waals surface area contributed by atoms with E-state index in [0.29, 0.717) is 12.1 Å². The molecule has 2 aromatic rings. The number of nitrogens with one attached hydrogen (secondary N) is 2. The van der Waals surface area contributed by atoms with Crippen molar-refractivity contribution in [3.8, 4) is 5.75 Å². The molecule has 0 unspecified atom stereocenters. The molecule has 1 aromatic carbocycles. The number of hydrogen-bond donors (Lipinski definition) is 3. The lowest BCUT2D eigenvalue weighted by Gasteiger charge is -2.06. The number of phenols is 1. The minimum absolute atomic E-state index is 0.165. The van der Waals surface area contributed by atoms with Crippen molar-refractivity contribution >= 4 is 10.0 Å². The van der Waals surface area contributed by atoms with Gasteiger partial charge in [0.2, 0.25) is 10.0 Å². The number of phenolic OH excluding ortho intramolecular Hbond substituents is 1. The highest BCUT2D eigenvalue weighted by molar-refractivity contribution is 7.89. The Bertz CT molecular complexity index is 647.